The molecule has 0 aliphatic carbocycles. The van der Waals surface area contributed by atoms with Gasteiger partial charge < -0.3 is 19.6 Å². The van der Waals surface area contributed by atoms with Crippen molar-refractivity contribution >= 4 is 33.3 Å². The molecule has 0 atom stereocenters. The van der Waals surface area contributed by atoms with Gasteiger partial charge in [0.2, 0.25) is 5.91 Å². The first-order chi connectivity index (χ1) is 13.5. The SMILES string of the molecule is C=CC(=O)Nc1ccc2cc(Oc3cc(=O)oc4cc(O)ccc34)ccc2c1. The molecule has 0 aliphatic heterocycles. The van der Waals surface area contributed by atoms with Crippen LogP contribution < -0.4 is 15.7 Å². The molecule has 0 radical (unpaired) electrons. The molecule has 6 heteroatoms. The van der Waals surface area contributed by atoms with Crippen molar-refractivity contribution in [2.24, 2.45) is 0 Å². The fraction of sp³-hybridized carbons (Fsp3) is 0. The van der Waals surface area contributed by atoms with Gasteiger partial charge in [-0.3, -0.25) is 4.79 Å². The molecule has 1 heterocycles. The number of fused-ring (bicyclic) bond motifs is 2. The van der Waals surface area contributed by atoms with Crippen LogP contribution in [-0.2, 0) is 4.79 Å². The van der Waals surface area contributed by atoms with Crippen LogP contribution in [0.5, 0.6) is 17.2 Å². The highest BCUT2D eigenvalue weighted by atomic mass is 16.5. The maximum Gasteiger partial charge on any atom is 0.339 e. The van der Waals surface area contributed by atoms with Crippen LogP contribution in [0.2, 0.25) is 0 Å². The summed E-state index contributed by atoms with van der Waals surface area (Å²) in [7, 11) is 0. The summed E-state index contributed by atoms with van der Waals surface area (Å²) in [4.78, 5) is 23.2. The molecular weight excluding hydrogens is 358 g/mol. The highest BCUT2D eigenvalue weighted by Crippen LogP contribution is 2.32. The first-order valence-corrected chi connectivity index (χ1v) is 8.44. The van der Waals surface area contributed by atoms with Crippen molar-refractivity contribution in [2.45, 2.75) is 0 Å². The van der Waals surface area contributed by atoms with Crippen LogP contribution in [-0.4, -0.2) is 11.0 Å². The maximum absolute atomic E-state index is 11.8. The van der Waals surface area contributed by atoms with Crippen molar-refractivity contribution in [3.05, 3.63) is 83.7 Å². The van der Waals surface area contributed by atoms with Crippen molar-refractivity contribution < 1.29 is 19.1 Å². The molecular formula is C22H15NO5. The largest absolute Gasteiger partial charge is 0.508 e. The molecule has 3 aromatic carbocycles. The third-order valence-corrected chi connectivity index (χ3v) is 4.18. The zero-order valence-corrected chi connectivity index (χ0v) is 14.6. The lowest BCUT2D eigenvalue weighted by Gasteiger charge is -2.10. The van der Waals surface area contributed by atoms with E-state index >= 15 is 0 Å². The Balaban J connectivity index is 1.70. The van der Waals surface area contributed by atoms with E-state index in [0.29, 0.717) is 22.6 Å². The Morgan fingerprint density at radius 2 is 1.82 bits per heavy atom. The number of hydrogen-bond acceptors (Lipinski definition) is 5. The van der Waals surface area contributed by atoms with E-state index in [2.05, 4.69) is 11.9 Å². The van der Waals surface area contributed by atoms with Gasteiger partial charge in [0, 0.05) is 11.8 Å². The number of rotatable bonds is 4. The molecule has 0 aliphatic rings. The topological polar surface area (TPSA) is 88.8 Å². The van der Waals surface area contributed by atoms with E-state index in [0.717, 1.165) is 10.8 Å². The highest BCUT2D eigenvalue weighted by Gasteiger charge is 2.09. The van der Waals surface area contributed by atoms with Crippen molar-refractivity contribution in [3.63, 3.8) is 0 Å². The van der Waals surface area contributed by atoms with E-state index in [4.69, 9.17) is 9.15 Å². The van der Waals surface area contributed by atoms with E-state index < -0.39 is 5.63 Å². The second-order valence-corrected chi connectivity index (χ2v) is 6.13. The smallest absolute Gasteiger partial charge is 0.339 e. The summed E-state index contributed by atoms with van der Waals surface area (Å²) in [5.74, 6) is 0.591. The average Bonchev–Trinajstić information content (AvgIpc) is 2.67. The van der Waals surface area contributed by atoms with Gasteiger partial charge in [-0.25, -0.2) is 4.79 Å². The minimum Gasteiger partial charge on any atom is -0.508 e. The lowest BCUT2D eigenvalue weighted by molar-refractivity contribution is -0.111. The Morgan fingerprint density at radius 3 is 2.64 bits per heavy atom. The molecule has 0 bridgehead atoms. The summed E-state index contributed by atoms with van der Waals surface area (Å²) in [6, 6.07) is 16.7. The molecule has 0 unspecified atom stereocenters. The molecule has 0 spiro atoms. The third kappa shape index (κ3) is 3.43. The molecule has 138 valence electrons. The molecule has 4 aromatic rings. The number of phenolic OH excluding ortho intramolecular Hbond substituents is 1. The van der Waals surface area contributed by atoms with Gasteiger partial charge in [-0.15, -0.1) is 0 Å². The Labute approximate surface area is 159 Å². The van der Waals surface area contributed by atoms with Gasteiger partial charge in [-0.05, 0) is 53.2 Å². The van der Waals surface area contributed by atoms with Crippen LogP contribution in [0.25, 0.3) is 21.7 Å². The molecule has 28 heavy (non-hydrogen) atoms. The number of anilines is 1. The lowest BCUT2D eigenvalue weighted by atomic mass is 10.1. The van der Waals surface area contributed by atoms with Crippen molar-refractivity contribution in [2.75, 3.05) is 5.32 Å². The number of hydrogen-bond donors (Lipinski definition) is 2. The molecule has 6 nitrogen and oxygen atoms in total. The maximum atomic E-state index is 11.8. The molecule has 0 saturated heterocycles. The van der Waals surface area contributed by atoms with E-state index in [-0.39, 0.29) is 17.2 Å². The van der Waals surface area contributed by atoms with E-state index in [1.807, 2.05) is 24.3 Å². The van der Waals surface area contributed by atoms with Gasteiger partial charge in [-0.1, -0.05) is 18.7 Å². The number of nitrogens with one attached hydrogen (secondary N) is 1. The summed E-state index contributed by atoms with van der Waals surface area (Å²) in [6.45, 7) is 3.43. The predicted molar refractivity (Wildman–Crippen MR) is 107 cm³/mol. The van der Waals surface area contributed by atoms with E-state index in [1.165, 1.54) is 24.3 Å². The van der Waals surface area contributed by atoms with Gasteiger partial charge in [-0.2, -0.15) is 0 Å². The number of phenols is 1. The Kier molecular flexibility index (Phi) is 4.29. The van der Waals surface area contributed by atoms with Gasteiger partial charge in [0.15, 0.2) is 0 Å². The number of amides is 1. The number of carbonyl (C=O) groups is 1. The van der Waals surface area contributed by atoms with Crippen LogP contribution >= 0.6 is 0 Å². The molecule has 1 aromatic heterocycles. The Morgan fingerprint density at radius 1 is 1.04 bits per heavy atom. The minimum absolute atomic E-state index is 0.00199. The van der Waals surface area contributed by atoms with Crippen LogP contribution in [0.15, 0.2) is 82.5 Å². The number of benzene rings is 3. The average molecular weight is 373 g/mol. The summed E-state index contributed by atoms with van der Waals surface area (Å²) in [6.07, 6.45) is 1.21. The summed E-state index contributed by atoms with van der Waals surface area (Å²) in [5.41, 5.74) is 0.333. The fourth-order valence-corrected chi connectivity index (χ4v) is 2.89. The minimum atomic E-state index is -0.573. The van der Waals surface area contributed by atoms with Crippen molar-refractivity contribution in [1.29, 1.82) is 0 Å². The predicted octanol–water partition coefficient (Wildman–Crippen LogP) is 4.57. The monoisotopic (exact) mass is 373 g/mol. The van der Waals surface area contributed by atoms with Crippen molar-refractivity contribution in [1.82, 2.24) is 0 Å². The first-order valence-electron chi connectivity index (χ1n) is 8.44. The van der Waals surface area contributed by atoms with E-state index in [1.54, 1.807) is 18.2 Å². The Bertz CT molecular complexity index is 1290. The first kappa shape index (κ1) is 17.4. The van der Waals surface area contributed by atoms with Crippen LogP contribution in [0.1, 0.15) is 0 Å². The van der Waals surface area contributed by atoms with Crippen LogP contribution in [0.4, 0.5) is 5.69 Å². The van der Waals surface area contributed by atoms with Gasteiger partial charge in [0.1, 0.15) is 22.8 Å². The molecule has 2 N–H and O–H groups in total. The zero-order chi connectivity index (χ0) is 19.7. The van der Waals surface area contributed by atoms with Crippen LogP contribution in [0, 0.1) is 0 Å². The lowest BCUT2D eigenvalue weighted by Crippen LogP contribution is -2.06. The quantitative estimate of drug-likeness (QED) is 0.404. The zero-order valence-electron chi connectivity index (χ0n) is 14.6. The third-order valence-electron chi connectivity index (χ3n) is 4.18. The number of aromatic hydroxyl groups is 1. The summed E-state index contributed by atoms with van der Waals surface area (Å²) >= 11 is 0. The standard InChI is InChI=1S/C22H15NO5/c1-2-21(25)23-15-5-3-14-10-17(7-4-13(14)9-15)27-20-12-22(26)28-19-11-16(24)6-8-18(19)20/h2-12,24H,1H2,(H,23,25). The normalized spacial score (nSPS) is 10.7. The molecule has 0 saturated carbocycles. The van der Waals surface area contributed by atoms with E-state index in [9.17, 15) is 14.7 Å². The highest BCUT2D eigenvalue weighted by molar-refractivity contribution is 6.00. The van der Waals surface area contributed by atoms with Crippen LogP contribution in [0.3, 0.4) is 0 Å². The molecule has 4 rings (SSSR count). The molecule has 0 fully saturated rings. The van der Waals surface area contributed by atoms with Gasteiger partial charge >= 0.3 is 5.63 Å². The fourth-order valence-electron chi connectivity index (χ4n) is 2.89. The van der Waals surface area contributed by atoms with Gasteiger partial charge in [0.25, 0.3) is 0 Å². The second kappa shape index (κ2) is 6.92. The number of ether oxygens (including phenoxy) is 1. The Hall–Kier alpha value is -4.06. The summed E-state index contributed by atoms with van der Waals surface area (Å²) in [5, 5.41) is 14.7. The summed E-state index contributed by atoms with van der Waals surface area (Å²) < 4.78 is 11.0. The molecule has 1 amide bonds. The second-order valence-electron chi connectivity index (χ2n) is 6.13. The van der Waals surface area contributed by atoms with Crippen molar-refractivity contribution in [3.8, 4) is 17.2 Å². The van der Waals surface area contributed by atoms with Gasteiger partial charge in [0.05, 0.1) is 11.5 Å². The number of carbonyl (C=O) groups excluding carboxylic acids is 1.